The fraction of sp³-hybridized carbons (Fsp3) is 0.542. The zero-order valence-electron chi connectivity index (χ0n) is 19.7. The van der Waals surface area contributed by atoms with Crippen LogP contribution in [0.25, 0.3) is 0 Å². The van der Waals surface area contributed by atoms with Gasteiger partial charge in [0.05, 0.1) is 0 Å². The molecule has 1 saturated heterocycles. The number of para-hydroxylation sites is 1. The third kappa shape index (κ3) is 7.90. The molecule has 0 radical (unpaired) electrons. The molecule has 178 valence electrons. The maximum absolute atomic E-state index is 5.99. The summed E-state index contributed by atoms with van der Waals surface area (Å²) in [6.45, 7) is 4.32. The molecule has 2 heterocycles. The number of hydrogen-bond donors (Lipinski definition) is 2. The Balaban J connectivity index is 0.00000363. The maximum Gasteiger partial charge on any atom is 0.191 e. The van der Waals surface area contributed by atoms with Crippen LogP contribution in [0.4, 0.5) is 0 Å². The number of guanidine groups is 1. The van der Waals surface area contributed by atoms with E-state index in [2.05, 4.69) is 76.2 Å². The molecule has 8 heteroatoms. The first-order valence-electron chi connectivity index (χ1n) is 11.1. The number of ether oxygens (including phenoxy) is 1. The Morgan fingerprint density at radius 2 is 2.03 bits per heavy atom. The Morgan fingerprint density at radius 3 is 2.75 bits per heavy atom. The van der Waals surface area contributed by atoms with Crippen molar-refractivity contribution in [3.8, 4) is 5.75 Å². The van der Waals surface area contributed by atoms with Crippen molar-refractivity contribution in [2.45, 2.75) is 25.4 Å². The second kappa shape index (κ2) is 14.0. The van der Waals surface area contributed by atoms with Crippen LogP contribution in [0.3, 0.4) is 0 Å². The van der Waals surface area contributed by atoms with Gasteiger partial charge in [0.1, 0.15) is 12.4 Å². The highest BCUT2D eigenvalue weighted by Crippen LogP contribution is 2.36. The van der Waals surface area contributed by atoms with E-state index in [1.165, 1.54) is 17.7 Å². The van der Waals surface area contributed by atoms with Crippen molar-refractivity contribution in [2.24, 2.45) is 10.9 Å². The number of nitrogens with zero attached hydrogens (tertiary/aromatic N) is 3. The molecule has 1 aliphatic rings. The standard InChI is InChI=1S/C24H37N5OS.HI/c1-25-24(26-17-19-9-5-6-11-21(19)30-15-14-28(2)3)27-18-20-10-7-13-29(4)23(20)22-12-8-16-31-22;/h5-6,8-9,11-12,16,20,23H,7,10,13-15,17-18H2,1-4H3,(H2,25,26,27);1H. The molecule has 32 heavy (non-hydrogen) atoms. The number of aliphatic imine (C=N–C) groups is 1. The summed E-state index contributed by atoms with van der Waals surface area (Å²) in [5.74, 6) is 2.33. The van der Waals surface area contributed by atoms with Crippen molar-refractivity contribution in [1.29, 1.82) is 0 Å². The summed E-state index contributed by atoms with van der Waals surface area (Å²) in [5.41, 5.74) is 1.14. The van der Waals surface area contributed by atoms with Crippen molar-refractivity contribution in [3.05, 3.63) is 52.2 Å². The van der Waals surface area contributed by atoms with Gasteiger partial charge in [-0.25, -0.2) is 0 Å². The van der Waals surface area contributed by atoms with Gasteiger partial charge in [-0.3, -0.25) is 9.89 Å². The van der Waals surface area contributed by atoms with E-state index < -0.39 is 0 Å². The summed E-state index contributed by atoms with van der Waals surface area (Å²) in [5, 5.41) is 9.21. The molecule has 0 spiro atoms. The van der Waals surface area contributed by atoms with Gasteiger partial charge in [0.25, 0.3) is 0 Å². The number of nitrogens with one attached hydrogen (secondary N) is 2. The number of likely N-dealkylation sites (N-methyl/N-ethyl adjacent to an activating group) is 1. The lowest BCUT2D eigenvalue weighted by atomic mass is 9.88. The molecule has 0 saturated carbocycles. The minimum Gasteiger partial charge on any atom is -0.492 e. The average Bonchev–Trinajstić information content (AvgIpc) is 3.29. The van der Waals surface area contributed by atoms with E-state index in [1.54, 1.807) is 0 Å². The SMILES string of the molecule is CN=C(NCc1ccccc1OCCN(C)C)NCC1CCCN(C)C1c1cccs1.I. The minimum atomic E-state index is 0. The summed E-state index contributed by atoms with van der Waals surface area (Å²) in [6, 6.07) is 13.1. The molecule has 6 nitrogen and oxygen atoms in total. The van der Waals surface area contributed by atoms with Crippen molar-refractivity contribution >= 4 is 41.3 Å². The van der Waals surface area contributed by atoms with Crippen LogP contribution in [0.1, 0.15) is 29.3 Å². The molecule has 0 bridgehead atoms. The third-order valence-electron chi connectivity index (χ3n) is 5.81. The van der Waals surface area contributed by atoms with E-state index >= 15 is 0 Å². The summed E-state index contributed by atoms with van der Waals surface area (Å²) < 4.78 is 5.99. The highest BCUT2D eigenvalue weighted by molar-refractivity contribution is 14.0. The Labute approximate surface area is 214 Å². The average molecular weight is 572 g/mol. The van der Waals surface area contributed by atoms with Crippen LogP contribution in [0.5, 0.6) is 5.75 Å². The molecule has 1 fully saturated rings. The molecule has 0 aliphatic carbocycles. The topological polar surface area (TPSA) is 52.1 Å². The monoisotopic (exact) mass is 571 g/mol. The van der Waals surface area contributed by atoms with Gasteiger partial charge in [0.2, 0.25) is 0 Å². The first kappa shape index (κ1) is 26.9. The number of benzene rings is 1. The smallest absolute Gasteiger partial charge is 0.191 e. The predicted molar refractivity (Wildman–Crippen MR) is 147 cm³/mol. The molecular formula is C24H38IN5OS. The van der Waals surface area contributed by atoms with Crippen LogP contribution in [-0.2, 0) is 6.54 Å². The van der Waals surface area contributed by atoms with Crippen LogP contribution in [0.15, 0.2) is 46.8 Å². The molecule has 0 amide bonds. The summed E-state index contributed by atoms with van der Waals surface area (Å²) in [4.78, 5) is 10.5. The van der Waals surface area contributed by atoms with E-state index in [9.17, 15) is 0 Å². The van der Waals surface area contributed by atoms with Gasteiger partial charge in [-0.15, -0.1) is 35.3 Å². The molecule has 2 aromatic rings. The summed E-state index contributed by atoms with van der Waals surface area (Å²) in [6.07, 6.45) is 2.48. The number of halogens is 1. The van der Waals surface area contributed by atoms with E-state index in [0.29, 0.717) is 25.1 Å². The second-order valence-corrected chi connectivity index (χ2v) is 9.39. The van der Waals surface area contributed by atoms with Gasteiger partial charge in [0, 0.05) is 43.2 Å². The first-order chi connectivity index (χ1) is 15.1. The van der Waals surface area contributed by atoms with E-state index in [4.69, 9.17) is 4.74 Å². The Bertz CT molecular complexity index is 814. The molecule has 1 aromatic heterocycles. The molecule has 2 unspecified atom stereocenters. The number of thiophene rings is 1. The molecule has 1 aliphatic heterocycles. The van der Waals surface area contributed by atoms with Crippen LogP contribution in [0, 0.1) is 5.92 Å². The van der Waals surface area contributed by atoms with Crippen molar-refractivity contribution in [2.75, 3.05) is 54.4 Å². The predicted octanol–water partition coefficient (Wildman–Crippen LogP) is 4.05. The van der Waals surface area contributed by atoms with Crippen LogP contribution in [0.2, 0.25) is 0 Å². The number of rotatable bonds is 9. The Kier molecular flexibility index (Phi) is 11.8. The molecular weight excluding hydrogens is 533 g/mol. The normalized spacial score (nSPS) is 19.5. The molecule has 1 aromatic carbocycles. The number of likely N-dealkylation sites (tertiary alicyclic amines) is 1. The van der Waals surface area contributed by atoms with Crippen LogP contribution >= 0.6 is 35.3 Å². The fourth-order valence-electron chi connectivity index (χ4n) is 4.14. The van der Waals surface area contributed by atoms with Gasteiger partial charge in [0.15, 0.2) is 5.96 Å². The third-order valence-corrected chi connectivity index (χ3v) is 6.76. The molecule has 2 atom stereocenters. The summed E-state index contributed by atoms with van der Waals surface area (Å²) >= 11 is 1.86. The van der Waals surface area contributed by atoms with Gasteiger partial charge < -0.3 is 20.3 Å². The van der Waals surface area contributed by atoms with E-state index in [0.717, 1.165) is 36.9 Å². The van der Waals surface area contributed by atoms with Gasteiger partial charge >= 0.3 is 0 Å². The highest BCUT2D eigenvalue weighted by Gasteiger charge is 2.31. The quantitative estimate of drug-likeness (QED) is 0.270. The maximum atomic E-state index is 5.99. The zero-order valence-corrected chi connectivity index (χ0v) is 22.9. The van der Waals surface area contributed by atoms with Crippen LogP contribution in [-0.4, -0.2) is 70.2 Å². The number of piperidine rings is 1. The van der Waals surface area contributed by atoms with Gasteiger partial charge in [-0.2, -0.15) is 0 Å². The highest BCUT2D eigenvalue weighted by atomic mass is 127. The zero-order chi connectivity index (χ0) is 22.1. The van der Waals surface area contributed by atoms with Crippen molar-refractivity contribution in [1.82, 2.24) is 20.4 Å². The van der Waals surface area contributed by atoms with Gasteiger partial charge in [-0.05, 0) is 64.0 Å². The van der Waals surface area contributed by atoms with Crippen molar-refractivity contribution in [3.63, 3.8) is 0 Å². The molecule has 2 N–H and O–H groups in total. The largest absolute Gasteiger partial charge is 0.492 e. The minimum absolute atomic E-state index is 0. The van der Waals surface area contributed by atoms with E-state index in [-0.39, 0.29) is 24.0 Å². The fourth-order valence-corrected chi connectivity index (χ4v) is 5.12. The lowest BCUT2D eigenvalue weighted by molar-refractivity contribution is 0.125. The Morgan fingerprint density at radius 1 is 1.22 bits per heavy atom. The first-order valence-corrected chi connectivity index (χ1v) is 12.0. The lowest BCUT2D eigenvalue weighted by Crippen LogP contribution is -2.44. The van der Waals surface area contributed by atoms with Crippen molar-refractivity contribution < 1.29 is 4.74 Å². The molecule has 3 rings (SSSR count). The van der Waals surface area contributed by atoms with Crippen LogP contribution < -0.4 is 15.4 Å². The van der Waals surface area contributed by atoms with Gasteiger partial charge in [-0.1, -0.05) is 24.3 Å². The van der Waals surface area contributed by atoms with E-state index in [1.807, 2.05) is 30.5 Å². The second-order valence-electron chi connectivity index (χ2n) is 8.41. The lowest BCUT2D eigenvalue weighted by Gasteiger charge is -2.39. The number of hydrogen-bond acceptors (Lipinski definition) is 5. The summed E-state index contributed by atoms with van der Waals surface area (Å²) in [7, 11) is 8.19. The Hall–Kier alpha value is -1.36.